The number of hydrogen-bond acceptors (Lipinski definition) is 4. The van der Waals surface area contributed by atoms with E-state index in [2.05, 4.69) is 16.0 Å². The molecule has 1 spiro atoms. The van der Waals surface area contributed by atoms with Gasteiger partial charge in [0.1, 0.15) is 11.2 Å². The minimum absolute atomic E-state index is 0.00340. The number of carbonyl (C=O) groups is 3. The fraction of sp³-hybridized carbons (Fsp3) is 0.344. The van der Waals surface area contributed by atoms with Crippen LogP contribution in [0.25, 0.3) is 0 Å². The van der Waals surface area contributed by atoms with Crippen molar-refractivity contribution in [3.8, 4) is 0 Å². The van der Waals surface area contributed by atoms with Crippen LogP contribution >= 0.6 is 23.2 Å². The lowest BCUT2D eigenvalue weighted by atomic mass is 9.62. The van der Waals surface area contributed by atoms with Crippen molar-refractivity contribution >= 4 is 52.4 Å². The smallest absolute Gasteiger partial charge is 0.303 e. The molecule has 0 aliphatic carbocycles. The Labute approximate surface area is 253 Å². The third kappa shape index (κ3) is 5.51. The Hall–Kier alpha value is -3.46. The van der Waals surface area contributed by atoms with Gasteiger partial charge in [-0.25, -0.2) is 4.39 Å². The minimum atomic E-state index is -1.35. The van der Waals surface area contributed by atoms with Gasteiger partial charge in [0.2, 0.25) is 11.8 Å². The van der Waals surface area contributed by atoms with Gasteiger partial charge in [-0.1, -0.05) is 74.3 Å². The first-order chi connectivity index (χ1) is 19.8. The lowest BCUT2D eigenvalue weighted by Crippen LogP contribution is -2.49. The van der Waals surface area contributed by atoms with Crippen LogP contribution in [0.3, 0.4) is 0 Å². The molecule has 2 aliphatic rings. The van der Waals surface area contributed by atoms with Gasteiger partial charge in [0.15, 0.2) is 0 Å². The van der Waals surface area contributed by atoms with Gasteiger partial charge in [-0.3, -0.25) is 14.4 Å². The summed E-state index contributed by atoms with van der Waals surface area (Å²) in [5, 5.41) is 18.6. The Morgan fingerprint density at radius 2 is 1.79 bits per heavy atom. The predicted octanol–water partition coefficient (Wildman–Crippen LogP) is 6.54. The van der Waals surface area contributed by atoms with Crippen molar-refractivity contribution in [2.75, 3.05) is 10.6 Å². The molecule has 4 atom stereocenters. The topological polar surface area (TPSA) is 108 Å². The van der Waals surface area contributed by atoms with Gasteiger partial charge in [-0.05, 0) is 65.3 Å². The Kier molecular flexibility index (Phi) is 8.09. The molecule has 1 fully saturated rings. The lowest BCUT2D eigenvalue weighted by molar-refractivity contribution is -0.137. The van der Waals surface area contributed by atoms with Gasteiger partial charge >= 0.3 is 5.97 Å². The van der Waals surface area contributed by atoms with E-state index in [0.717, 1.165) is 5.56 Å². The zero-order valence-corrected chi connectivity index (χ0v) is 24.9. The second-order valence-electron chi connectivity index (χ2n) is 12.2. The van der Waals surface area contributed by atoms with Crippen molar-refractivity contribution in [1.29, 1.82) is 0 Å². The summed E-state index contributed by atoms with van der Waals surface area (Å²) in [7, 11) is 0. The van der Waals surface area contributed by atoms with Crippen LogP contribution in [0.5, 0.6) is 0 Å². The molecule has 0 saturated carbocycles. The average Bonchev–Trinajstić information content (AvgIpc) is 3.38. The summed E-state index contributed by atoms with van der Waals surface area (Å²) in [6, 6.07) is 15.1. The normalized spacial score (nSPS) is 23.1. The van der Waals surface area contributed by atoms with Crippen molar-refractivity contribution in [3.05, 3.63) is 93.2 Å². The van der Waals surface area contributed by atoms with E-state index in [1.807, 2.05) is 20.8 Å². The molecule has 7 nitrogen and oxygen atoms in total. The maximum atomic E-state index is 15.9. The lowest BCUT2D eigenvalue weighted by Gasteiger charge is -2.37. The monoisotopic (exact) mass is 611 g/mol. The summed E-state index contributed by atoms with van der Waals surface area (Å²) in [5.41, 5.74) is 1.03. The molecule has 0 radical (unpaired) electrons. The third-order valence-corrected chi connectivity index (χ3v) is 8.60. The van der Waals surface area contributed by atoms with E-state index in [9.17, 15) is 14.4 Å². The van der Waals surface area contributed by atoms with Crippen LogP contribution in [0, 0.1) is 11.2 Å². The number of fused-ring (bicyclic) bond motifs is 2. The maximum Gasteiger partial charge on any atom is 0.303 e. The first-order valence-corrected chi connectivity index (χ1v) is 14.5. The number of rotatable bonds is 7. The summed E-state index contributed by atoms with van der Waals surface area (Å²) >= 11 is 12.5. The first-order valence-electron chi connectivity index (χ1n) is 13.7. The molecule has 4 N–H and O–H groups in total. The van der Waals surface area contributed by atoms with E-state index < -0.39 is 41.1 Å². The van der Waals surface area contributed by atoms with Crippen LogP contribution < -0.4 is 16.0 Å². The van der Waals surface area contributed by atoms with Crippen molar-refractivity contribution in [2.45, 2.75) is 63.5 Å². The molecule has 5 rings (SSSR count). The molecule has 3 aromatic carbocycles. The highest BCUT2D eigenvalue weighted by Crippen LogP contribution is 2.57. The second kappa shape index (κ2) is 11.3. The molecule has 2 heterocycles. The first kappa shape index (κ1) is 30.0. The highest BCUT2D eigenvalue weighted by molar-refractivity contribution is 6.31. The van der Waals surface area contributed by atoms with Crippen LogP contribution in [-0.4, -0.2) is 35.0 Å². The van der Waals surface area contributed by atoms with Crippen molar-refractivity contribution in [1.82, 2.24) is 5.32 Å². The zero-order valence-electron chi connectivity index (χ0n) is 23.4. The third-order valence-electron chi connectivity index (χ3n) is 8.07. The largest absolute Gasteiger partial charge is 0.481 e. The van der Waals surface area contributed by atoms with Gasteiger partial charge in [-0.15, -0.1) is 0 Å². The van der Waals surface area contributed by atoms with E-state index >= 15 is 4.39 Å². The van der Waals surface area contributed by atoms with Crippen LogP contribution in [0.4, 0.5) is 15.8 Å². The summed E-state index contributed by atoms with van der Waals surface area (Å²) in [4.78, 5) is 39.2. The molecule has 0 bridgehead atoms. The van der Waals surface area contributed by atoms with E-state index in [1.54, 1.807) is 54.6 Å². The highest BCUT2D eigenvalue weighted by atomic mass is 35.5. The number of aryl methyl sites for hydroxylation is 1. The molecule has 10 heteroatoms. The summed E-state index contributed by atoms with van der Waals surface area (Å²) < 4.78 is 15.9. The highest BCUT2D eigenvalue weighted by Gasteiger charge is 2.66. The van der Waals surface area contributed by atoms with Gasteiger partial charge < -0.3 is 21.1 Å². The number of carboxylic acid groups (broad SMARTS) is 1. The molecule has 42 heavy (non-hydrogen) atoms. The summed E-state index contributed by atoms with van der Waals surface area (Å²) in [5.74, 6) is -3.32. The van der Waals surface area contributed by atoms with E-state index in [4.69, 9.17) is 28.3 Å². The van der Waals surface area contributed by atoms with Gasteiger partial charge in [-0.2, -0.15) is 0 Å². The quantitative estimate of drug-likeness (QED) is 0.243. The van der Waals surface area contributed by atoms with Gasteiger partial charge in [0, 0.05) is 34.8 Å². The fourth-order valence-electron chi connectivity index (χ4n) is 6.38. The Morgan fingerprint density at radius 1 is 1.07 bits per heavy atom. The fourth-order valence-corrected chi connectivity index (χ4v) is 6.73. The van der Waals surface area contributed by atoms with Crippen molar-refractivity contribution in [2.24, 2.45) is 5.41 Å². The van der Waals surface area contributed by atoms with Crippen molar-refractivity contribution in [3.63, 3.8) is 0 Å². The number of carboxylic acids is 1. The summed E-state index contributed by atoms with van der Waals surface area (Å²) in [6.45, 7) is 6.14. The molecule has 2 amide bonds. The molecule has 220 valence electrons. The summed E-state index contributed by atoms with van der Waals surface area (Å²) in [6.07, 6.45) is 0.860. The Bertz CT molecular complexity index is 1560. The number of anilines is 2. The number of halogens is 3. The van der Waals surface area contributed by atoms with Gasteiger partial charge in [0.25, 0.3) is 0 Å². The molecule has 1 saturated heterocycles. The van der Waals surface area contributed by atoms with Crippen LogP contribution in [0.2, 0.25) is 10.0 Å². The minimum Gasteiger partial charge on any atom is -0.481 e. The molecule has 0 unspecified atom stereocenters. The van der Waals surface area contributed by atoms with Crippen molar-refractivity contribution < 1.29 is 23.9 Å². The predicted molar refractivity (Wildman–Crippen MR) is 162 cm³/mol. The number of carbonyl (C=O) groups excluding carboxylic acids is 2. The standard InChI is InChI=1S/C32H32Cl2FN3O4/c1-31(2,3)16-24-32(21-13-10-18(33)15-23(21)37-30(32)42)26(20-5-4-6-22(34)27(20)35)28(38-24)29(41)36-19-11-7-17(8-12-19)9-14-25(39)40/h4-8,10-13,15,24,26,28,38H,9,14,16H2,1-3H3,(H,36,41)(H,37,42)(H,39,40)/t24-,26-,28+,32+/m0/s1. The van der Waals surface area contributed by atoms with Gasteiger partial charge in [0.05, 0.1) is 11.1 Å². The van der Waals surface area contributed by atoms with E-state index in [-0.39, 0.29) is 28.3 Å². The Balaban J connectivity index is 1.62. The average molecular weight is 613 g/mol. The second-order valence-corrected chi connectivity index (χ2v) is 13.0. The molecule has 2 aliphatic heterocycles. The number of nitrogens with one attached hydrogen (secondary N) is 3. The number of amides is 2. The molecular formula is C32H32Cl2FN3O4. The maximum absolute atomic E-state index is 15.9. The Morgan fingerprint density at radius 3 is 2.45 bits per heavy atom. The van der Waals surface area contributed by atoms with Crippen LogP contribution in [0.15, 0.2) is 60.7 Å². The number of benzene rings is 3. The zero-order chi connectivity index (χ0) is 30.4. The van der Waals surface area contributed by atoms with E-state index in [1.165, 1.54) is 6.07 Å². The SMILES string of the molecule is CC(C)(C)C[C@@H]1N[C@@H](C(=O)Nc2ccc(CCC(=O)O)cc2)[C@H](c2cccc(Cl)c2F)[C@]12C(=O)Nc1cc(Cl)ccc12. The number of hydrogen-bond donors (Lipinski definition) is 4. The van der Waals surface area contributed by atoms with E-state index in [0.29, 0.717) is 34.8 Å². The van der Waals surface area contributed by atoms with Crippen LogP contribution in [0.1, 0.15) is 56.2 Å². The number of aliphatic carboxylic acids is 1. The molecule has 3 aromatic rings. The molecule has 0 aromatic heterocycles. The molecular weight excluding hydrogens is 580 g/mol. The van der Waals surface area contributed by atoms with Crippen LogP contribution in [-0.2, 0) is 26.2 Å².